The third-order valence-electron chi connectivity index (χ3n) is 5.25. The zero-order chi connectivity index (χ0) is 22.0. The summed E-state index contributed by atoms with van der Waals surface area (Å²) in [5, 5.41) is 5.82. The summed E-state index contributed by atoms with van der Waals surface area (Å²) in [5.74, 6) is 2.12. The summed E-state index contributed by atoms with van der Waals surface area (Å²) >= 11 is 0. The molecule has 1 aliphatic rings. The number of urea groups is 1. The molecule has 2 N–H and O–H groups in total. The minimum absolute atomic E-state index is 0.236. The number of amides is 2. The van der Waals surface area contributed by atoms with E-state index in [1.54, 1.807) is 12.4 Å². The minimum atomic E-state index is -0.236. The lowest BCUT2D eigenvalue weighted by molar-refractivity contribution is 0.243. The van der Waals surface area contributed by atoms with E-state index in [9.17, 15) is 4.79 Å². The van der Waals surface area contributed by atoms with Gasteiger partial charge < -0.3 is 20.3 Å². The molecule has 32 heavy (non-hydrogen) atoms. The third-order valence-corrected chi connectivity index (χ3v) is 5.25. The minimum Gasteiger partial charge on any atom is -0.455 e. The van der Waals surface area contributed by atoms with E-state index in [-0.39, 0.29) is 6.03 Å². The highest BCUT2D eigenvalue weighted by Crippen LogP contribution is 2.28. The van der Waals surface area contributed by atoms with Crippen molar-refractivity contribution in [1.82, 2.24) is 20.2 Å². The number of nitrogens with zero attached hydrogens (tertiary/aromatic N) is 4. The number of carbonyl (C=O) groups is 1. The highest BCUT2D eigenvalue weighted by molar-refractivity contribution is 5.90. The molecule has 0 unspecified atom stereocenters. The van der Waals surface area contributed by atoms with Crippen molar-refractivity contribution < 1.29 is 9.53 Å². The fourth-order valence-electron chi connectivity index (χ4n) is 3.57. The number of nitrogens with one attached hydrogen (secondary N) is 2. The molecule has 166 valence electrons. The predicted octanol–water partition coefficient (Wildman–Crippen LogP) is 3.60. The normalized spacial score (nSPS) is 14.1. The van der Waals surface area contributed by atoms with Gasteiger partial charge in [0, 0.05) is 45.1 Å². The van der Waals surface area contributed by atoms with Gasteiger partial charge in [0.05, 0.1) is 5.69 Å². The number of anilines is 2. The first-order chi connectivity index (χ1) is 15.8. The SMILES string of the molecule is O=C(NCCCN1CCN(c2ncccn2)CC1)Nc1ccccc1Oc1ccccc1. The van der Waals surface area contributed by atoms with Gasteiger partial charge in [0.2, 0.25) is 5.95 Å². The van der Waals surface area contributed by atoms with E-state index in [0.717, 1.165) is 50.8 Å². The van der Waals surface area contributed by atoms with Crippen LogP contribution in [0.2, 0.25) is 0 Å². The zero-order valence-corrected chi connectivity index (χ0v) is 18.0. The number of hydrogen-bond acceptors (Lipinski definition) is 6. The molecule has 1 saturated heterocycles. The van der Waals surface area contributed by atoms with Gasteiger partial charge in [-0.15, -0.1) is 0 Å². The number of hydrogen-bond donors (Lipinski definition) is 2. The lowest BCUT2D eigenvalue weighted by Crippen LogP contribution is -2.47. The second kappa shape index (κ2) is 11.1. The van der Waals surface area contributed by atoms with Crippen molar-refractivity contribution in [3.63, 3.8) is 0 Å². The van der Waals surface area contributed by atoms with Crippen LogP contribution in [0.15, 0.2) is 73.1 Å². The molecule has 1 fully saturated rings. The van der Waals surface area contributed by atoms with Crippen LogP contribution in [0, 0.1) is 0 Å². The molecule has 1 aromatic heterocycles. The number of rotatable bonds is 8. The molecule has 2 heterocycles. The van der Waals surface area contributed by atoms with Gasteiger partial charge >= 0.3 is 6.03 Å². The Morgan fingerprint density at radius 1 is 0.906 bits per heavy atom. The fraction of sp³-hybridized carbons (Fsp3) is 0.292. The van der Waals surface area contributed by atoms with Gasteiger partial charge in [0.15, 0.2) is 5.75 Å². The van der Waals surface area contributed by atoms with Crippen molar-refractivity contribution in [2.45, 2.75) is 6.42 Å². The van der Waals surface area contributed by atoms with Crippen LogP contribution in [0.1, 0.15) is 6.42 Å². The van der Waals surface area contributed by atoms with Crippen LogP contribution >= 0.6 is 0 Å². The molecule has 0 saturated carbocycles. The number of aromatic nitrogens is 2. The van der Waals surface area contributed by atoms with Crippen LogP contribution in [0.25, 0.3) is 0 Å². The Morgan fingerprint density at radius 2 is 1.62 bits per heavy atom. The summed E-state index contributed by atoms with van der Waals surface area (Å²) < 4.78 is 5.89. The Balaban J connectivity index is 1.17. The van der Waals surface area contributed by atoms with Crippen molar-refractivity contribution in [2.24, 2.45) is 0 Å². The fourth-order valence-corrected chi connectivity index (χ4v) is 3.57. The lowest BCUT2D eigenvalue weighted by atomic mass is 10.3. The predicted molar refractivity (Wildman–Crippen MR) is 125 cm³/mol. The van der Waals surface area contributed by atoms with E-state index in [1.807, 2.05) is 60.7 Å². The van der Waals surface area contributed by atoms with Gasteiger partial charge in [0.25, 0.3) is 0 Å². The van der Waals surface area contributed by atoms with Crippen molar-refractivity contribution >= 4 is 17.7 Å². The highest BCUT2D eigenvalue weighted by atomic mass is 16.5. The molecule has 3 aromatic rings. The molecule has 0 radical (unpaired) electrons. The van der Waals surface area contributed by atoms with Crippen LogP contribution in [0.3, 0.4) is 0 Å². The number of ether oxygens (including phenoxy) is 1. The summed E-state index contributed by atoms with van der Waals surface area (Å²) in [6.45, 7) is 5.31. The van der Waals surface area contributed by atoms with Crippen LogP contribution < -0.4 is 20.3 Å². The first-order valence-electron chi connectivity index (χ1n) is 10.9. The van der Waals surface area contributed by atoms with Gasteiger partial charge in [-0.2, -0.15) is 0 Å². The molecular formula is C24H28N6O2. The van der Waals surface area contributed by atoms with Crippen molar-refractivity contribution in [3.05, 3.63) is 73.1 Å². The Kier molecular flexibility index (Phi) is 7.49. The van der Waals surface area contributed by atoms with E-state index in [1.165, 1.54) is 0 Å². The van der Waals surface area contributed by atoms with E-state index < -0.39 is 0 Å². The van der Waals surface area contributed by atoms with Gasteiger partial charge in [-0.05, 0) is 43.3 Å². The smallest absolute Gasteiger partial charge is 0.319 e. The highest BCUT2D eigenvalue weighted by Gasteiger charge is 2.18. The number of para-hydroxylation sites is 3. The van der Waals surface area contributed by atoms with E-state index >= 15 is 0 Å². The number of carbonyl (C=O) groups excluding carboxylic acids is 1. The summed E-state index contributed by atoms with van der Waals surface area (Å²) in [6, 6.07) is 18.5. The first-order valence-corrected chi connectivity index (χ1v) is 10.9. The van der Waals surface area contributed by atoms with E-state index in [4.69, 9.17) is 4.74 Å². The van der Waals surface area contributed by atoms with Gasteiger partial charge in [-0.3, -0.25) is 4.90 Å². The standard InChI is InChI=1S/C24H28N6O2/c31-24(28-21-10-4-5-11-22(21)32-20-8-2-1-3-9-20)27-14-7-15-29-16-18-30(19-17-29)23-25-12-6-13-26-23/h1-6,8-13H,7,14-19H2,(H2,27,28,31). The average molecular weight is 433 g/mol. The number of benzene rings is 2. The molecule has 8 nitrogen and oxygen atoms in total. The molecule has 0 spiro atoms. The molecule has 2 amide bonds. The zero-order valence-electron chi connectivity index (χ0n) is 18.0. The monoisotopic (exact) mass is 432 g/mol. The first kappa shape index (κ1) is 21.6. The van der Waals surface area contributed by atoms with Crippen LogP contribution in [0.4, 0.5) is 16.4 Å². The van der Waals surface area contributed by atoms with Gasteiger partial charge in [-0.25, -0.2) is 14.8 Å². The Bertz CT molecular complexity index is 978. The van der Waals surface area contributed by atoms with Crippen LogP contribution in [-0.2, 0) is 0 Å². The molecule has 0 atom stereocenters. The van der Waals surface area contributed by atoms with Gasteiger partial charge in [-0.1, -0.05) is 30.3 Å². The molecule has 4 rings (SSSR count). The van der Waals surface area contributed by atoms with Crippen LogP contribution in [0.5, 0.6) is 11.5 Å². The molecule has 1 aliphatic heterocycles. The quantitative estimate of drug-likeness (QED) is 0.529. The molecule has 8 heteroatoms. The second-order valence-electron chi connectivity index (χ2n) is 7.52. The summed E-state index contributed by atoms with van der Waals surface area (Å²) in [5.41, 5.74) is 0.633. The van der Waals surface area contributed by atoms with E-state index in [2.05, 4.69) is 30.4 Å². The third kappa shape index (κ3) is 6.18. The average Bonchev–Trinajstić information content (AvgIpc) is 2.85. The molecule has 0 aliphatic carbocycles. The summed E-state index contributed by atoms with van der Waals surface area (Å²) in [4.78, 5) is 25.6. The maximum Gasteiger partial charge on any atom is 0.319 e. The summed E-state index contributed by atoms with van der Waals surface area (Å²) in [6.07, 6.45) is 4.44. The van der Waals surface area contributed by atoms with E-state index in [0.29, 0.717) is 18.0 Å². The largest absolute Gasteiger partial charge is 0.455 e. The van der Waals surface area contributed by atoms with Crippen molar-refractivity contribution in [1.29, 1.82) is 0 Å². The Hall–Kier alpha value is -3.65. The van der Waals surface area contributed by atoms with Crippen LogP contribution in [-0.4, -0.2) is 60.2 Å². The maximum atomic E-state index is 12.4. The van der Waals surface area contributed by atoms with Crippen molar-refractivity contribution in [2.75, 3.05) is 49.5 Å². The Morgan fingerprint density at radius 3 is 2.41 bits per heavy atom. The molecule has 2 aromatic carbocycles. The Labute approximate surface area is 188 Å². The van der Waals surface area contributed by atoms with Crippen molar-refractivity contribution in [3.8, 4) is 11.5 Å². The topological polar surface area (TPSA) is 82.6 Å². The lowest BCUT2D eigenvalue weighted by Gasteiger charge is -2.34. The summed E-state index contributed by atoms with van der Waals surface area (Å²) in [7, 11) is 0. The van der Waals surface area contributed by atoms with Gasteiger partial charge in [0.1, 0.15) is 5.75 Å². The second-order valence-corrected chi connectivity index (χ2v) is 7.52. The molecule has 0 bridgehead atoms. The maximum absolute atomic E-state index is 12.4. The molecular weight excluding hydrogens is 404 g/mol. The number of piperazine rings is 1.